The first-order chi connectivity index (χ1) is 12.0. The van der Waals surface area contributed by atoms with Gasteiger partial charge in [-0.05, 0) is 24.1 Å². The van der Waals surface area contributed by atoms with Crippen molar-refractivity contribution in [2.24, 2.45) is 0 Å². The summed E-state index contributed by atoms with van der Waals surface area (Å²) in [6.45, 7) is 2.05. The number of benzene rings is 2. The van der Waals surface area contributed by atoms with E-state index >= 15 is 0 Å². The highest BCUT2D eigenvalue weighted by Crippen LogP contribution is 2.19. The molecule has 0 heterocycles. The number of sulfone groups is 1. The van der Waals surface area contributed by atoms with E-state index in [1.54, 1.807) is 26.2 Å². The summed E-state index contributed by atoms with van der Waals surface area (Å²) in [7, 11) is -1.90. The van der Waals surface area contributed by atoms with E-state index in [2.05, 4.69) is 5.32 Å². The Kier molecular flexibility index (Phi) is 6.73. The average molecular weight is 361 g/mol. The Labute approximate surface area is 148 Å². The molecule has 0 radical (unpaired) electrons. The van der Waals surface area contributed by atoms with Crippen LogP contribution in [0.25, 0.3) is 0 Å². The number of carbonyl (C=O) groups excluding carboxylic acids is 1. The van der Waals surface area contributed by atoms with Gasteiger partial charge in [-0.3, -0.25) is 4.79 Å². The number of methoxy groups -OCH3 is 1. The third kappa shape index (κ3) is 4.90. The van der Waals surface area contributed by atoms with Gasteiger partial charge in [-0.1, -0.05) is 49.4 Å². The highest BCUT2D eigenvalue weighted by atomic mass is 32.2. The highest BCUT2D eigenvalue weighted by Gasteiger charge is 2.22. The Morgan fingerprint density at radius 2 is 1.72 bits per heavy atom. The smallest absolute Gasteiger partial charge is 0.252 e. The molecule has 0 aromatic heterocycles. The van der Waals surface area contributed by atoms with Crippen molar-refractivity contribution in [3.63, 3.8) is 0 Å². The van der Waals surface area contributed by atoms with E-state index in [4.69, 9.17) is 4.74 Å². The molecule has 1 N–H and O–H groups in total. The number of rotatable bonds is 8. The van der Waals surface area contributed by atoms with E-state index in [1.807, 2.05) is 30.3 Å². The van der Waals surface area contributed by atoms with Crippen molar-refractivity contribution in [3.8, 4) is 0 Å². The minimum absolute atomic E-state index is 0.0159. The Bertz CT molecular complexity index is 803. The van der Waals surface area contributed by atoms with Gasteiger partial charge in [-0.2, -0.15) is 0 Å². The monoisotopic (exact) mass is 361 g/mol. The number of hydrogen-bond acceptors (Lipinski definition) is 4. The molecule has 1 atom stereocenters. The molecule has 0 aliphatic carbocycles. The van der Waals surface area contributed by atoms with Gasteiger partial charge in [0.15, 0.2) is 9.84 Å². The minimum atomic E-state index is -3.47. The quantitative estimate of drug-likeness (QED) is 0.784. The van der Waals surface area contributed by atoms with Gasteiger partial charge < -0.3 is 10.1 Å². The van der Waals surface area contributed by atoms with Gasteiger partial charge in [0.2, 0.25) is 0 Å². The predicted molar refractivity (Wildman–Crippen MR) is 97.3 cm³/mol. The van der Waals surface area contributed by atoms with Crippen LogP contribution < -0.4 is 5.32 Å². The van der Waals surface area contributed by atoms with Crippen LogP contribution in [0.4, 0.5) is 0 Å². The summed E-state index contributed by atoms with van der Waals surface area (Å²) in [4.78, 5) is 12.6. The van der Waals surface area contributed by atoms with Crippen molar-refractivity contribution < 1.29 is 17.9 Å². The molecule has 0 saturated carbocycles. The molecule has 0 spiro atoms. The number of hydrogen-bond donors (Lipinski definition) is 1. The van der Waals surface area contributed by atoms with Gasteiger partial charge in [-0.15, -0.1) is 0 Å². The second-order valence-electron chi connectivity index (χ2n) is 5.66. The summed E-state index contributed by atoms with van der Waals surface area (Å²) >= 11 is 0. The maximum Gasteiger partial charge on any atom is 0.252 e. The van der Waals surface area contributed by atoms with Gasteiger partial charge in [0.05, 0.1) is 22.3 Å². The van der Waals surface area contributed by atoms with Crippen molar-refractivity contribution in [1.82, 2.24) is 5.32 Å². The zero-order valence-electron chi connectivity index (χ0n) is 14.4. The largest absolute Gasteiger partial charge is 0.375 e. The topological polar surface area (TPSA) is 72.5 Å². The van der Waals surface area contributed by atoms with Crippen LogP contribution in [0.3, 0.4) is 0 Å². The number of amides is 1. The predicted octanol–water partition coefficient (Wildman–Crippen LogP) is 2.99. The zero-order chi connectivity index (χ0) is 18.3. The molecule has 0 aliphatic heterocycles. The van der Waals surface area contributed by atoms with Crippen molar-refractivity contribution >= 4 is 15.7 Å². The SMILES string of the molecule is CCCS(=O)(=O)c1ccccc1C(=O)NCC(OC)c1ccccc1. The first-order valence-corrected chi connectivity index (χ1v) is 9.82. The summed E-state index contributed by atoms with van der Waals surface area (Å²) < 4.78 is 30.2. The van der Waals surface area contributed by atoms with Crippen LogP contribution in [0, 0.1) is 0 Å². The van der Waals surface area contributed by atoms with E-state index in [1.165, 1.54) is 12.1 Å². The van der Waals surface area contributed by atoms with Crippen molar-refractivity contribution in [3.05, 3.63) is 65.7 Å². The minimum Gasteiger partial charge on any atom is -0.375 e. The summed E-state index contributed by atoms with van der Waals surface area (Å²) in [6.07, 6.45) is 0.197. The lowest BCUT2D eigenvalue weighted by atomic mass is 10.1. The Hall–Kier alpha value is -2.18. The van der Waals surface area contributed by atoms with Gasteiger partial charge in [0, 0.05) is 13.7 Å². The molecule has 25 heavy (non-hydrogen) atoms. The van der Waals surface area contributed by atoms with Gasteiger partial charge in [0.1, 0.15) is 0 Å². The van der Waals surface area contributed by atoms with Gasteiger partial charge in [0.25, 0.3) is 5.91 Å². The van der Waals surface area contributed by atoms with Crippen LogP contribution >= 0.6 is 0 Å². The second kappa shape index (κ2) is 8.78. The molecule has 0 fully saturated rings. The first-order valence-electron chi connectivity index (χ1n) is 8.17. The molecular formula is C19H23NO4S. The first kappa shape index (κ1) is 19.1. The molecule has 2 rings (SSSR count). The Morgan fingerprint density at radius 1 is 1.08 bits per heavy atom. The molecular weight excluding hydrogens is 338 g/mol. The standard InChI is InChI=1S/C19H23NO4S/c1-3-13-25(22,23)18-12-8-7-11-16(18)19(21)20-14-17(24-2)15-9-5-4-6-10-15/h4-12,17H,3,13-14H2,1-2H3,(H,20,21). The summed E-state index contributed by atoms with van der Waals surface area (Å²) in [5, 5.41) is 2.77. The second-order valence-corrected chi connectivity index (χ2v) is 7.74. The summed E-state index contributed by atoms with van der Waals surface area (Å²) in [5.74, 6) is -0.407. The van der Waals surface area contributed by atoms with Crippen LogP contribution in [0.2, 0.25) is 0 Å². The van der Waals surface area contributed by atoms with Crippen LogP contribution in [-0.4, -0.2) is 33.7 Å². The van der Waals surface area contributed by atoms with Crippen LogP contribution in [0.15, 0.2) is 59.5 Å². The molecule has 0 aliphatic rings. The van der Waals surface area contributed by atoms with E-state index in [-0.39, 0.29) is 28.9 Å². The molecule has 0 saturated heterocycles. The fraction of sp³-hybridized carbons (Fsp3) is 0.316. The third-order valence-electron chi connectivity index (χ3n) is 3.84. The van der Waals surface area contributed by atoms with Gasteiger partial charge >= 0.3 is 0 Å². The Morgan fingerprint density at radius 3 is 2.36 bits per heavy atom. The lowest BCUT2D eigenvalue weighted by molar-refractivity contribution is 0.0825. The van der Waals surface area contributed by atoms with E-state index in [0.29, 0.717) is 6.42 Å². The number of nitrogens with one attached hydrogen (secondary N) is 1. The maximum atomic E-state index is 12.5. The Balaban J connectivity index is 2.16. The summed E-state index contributed by atoms with van der Waals surface area (Å²) in [6, 6.07) is 15.8. The number of ether oxygens (including phenoxy) is 1. The molecule has 2 aromatic rings. The van der Waals surface area contributed by atoms with E-state index in [9.17, 15) is 13.2 Å². The molecule has 1 amide bonds. The molecule has 134 valence electrons. The molecule has 1 unspecified atom stereocenters. The van der Waals surface area contributed by atoms with E-state index < -0.39 is 15.7 Å². The summed E-state index contributed by atoms with van der Waals surface area (Å²) in [5.41, 5.74) is 1.11. The third-order valence-corrected chi connectivity index (χ3v) is 5.82. The lowest BCUT2D eigenvalue weighted by Gasteiger charge is -2.17. The normalized spacial score (nSPS) is 12.6. The van der Waals surface area contributed by atoms with Crippen molar-refractivity contribution in [2.45, 2.75) is 24.3 Å². The average Bonchev–Trinajstić information content (AvgIpc) is 2.63. The highest BCUT2D eigenvalue weighted by molar-refractivity contribution is 7.91. The molecule has 2 aromatic carbocycles. The van der Waals surface area contributed by atoms with Crippen LogP contribution in [0.1, 0.15) is 35.4 Å². The lowest BCUT2D eigenvalue weighted by Crippen LogP contribution is -2.30. The molecule has 6 heteroatoms. The maximum absolute atomic E-state index is 12.5. The van der Waals surface area contributed by atoms with Crippen LogP contribution in [-0.2, 0) is 14.6 Å². The van der Waals surface area contributed by atoms with Gasteiger partial charge in [-0.25, -0.2) is 8.42 Å². The van der Waals surface area contributed by atoms with E-state index in [0.717, 1.165) is 5.56 Å². The van der Waals surface area contributed by atoms with Crippen molar-refractivity contribution in [2.75, 3.05) is 19.4 Å². The fourth-order valence-corrected chi connectivity index (χ4v) is 4.13. The number of carbonyl (C=O) groups is 1. The van der Waals surface area contributed by atoms with Crippen LogP contribution in [0.5, 0.6) is 0 Å². The molecule has 5 nitrogen and oxygen atoms in total. The van der Waals surface area contributed by atoms with Crippen molar-refractivity contribution in [1.29, 1.82) is 0 Å². The zero-order valence-corrected chi connectivity index (χ0v) is 15.3. The fourth-order valence-electron chi connectivity index (χ4n) is 2.59. The molecule has 0 bridgehead atoms.